The van der Waals surface area contributed by atoms with Crippen LogP contribution < -0.4 is 10.1 Å². The molecule has 1 aromatic rings. The van der Waals surface area contributed by atoms with Crippen LogP contribution in [0.4, 0.5) is 0 Å². The number of ether oxygens (including phenoxy) is 1. The van der Waals surface area contributed by atoms with Gasteiger partial charge in [-0.2, -0.15) is 4.98 Å². The first-order valence-electron chi connectivity index (χ1n) is 8.82. The first-order valence-corrected chi connectivity index (χ1v) is 8.82. The highest BCUT2D eigenvalue weighted by atomic mass is 16.5. The number of carbonyl (C=O) groups is 1. The molecule has 1 amide bonds. The molecule has 0 spiro atoms. The summed E-state index contributed by atoms with van der Waals surface area (Å²) in [5, 5.41) is 3.42. The molecule has 1 aromatic heterocycles. The van der Waals surface area contributed by atoms with Crippen LogP contribution in [0.25, 0.3) is 0 Å². The van der Waals surface area contributed by atoms with Crippen LogP contribution in [0.1, 0.15) is 48.7 Å². The average Bonchev–Trinajstić information content (AvgIpc) is 3.35. The Bertz CT molecular complexity index is 601. The number of nitrogens with one attached hydrogen (secondary N) is 1. The lowest BCUT2D eigenvalue weighted by Gasteiger charge is -2.17. The molecule has 0 atom stereocenters. The van der Waals surface area contributed by atoms with Crippen LogP contribution in [-0.2, 0) is 17.6 Å². The van der Waals surface area contributed by atoms with Crippen molar-refractivity contribution in [3.63, 3.8) is 0 Å². The van der Waals surface area contributed by atoms with Gasteiger partial charge in [-0.05, 0) is 32.2 Å². The normalized spacial score (nSPS) is 21.2. The average molecular weight is 316 g/mol. The van der Waals surface area contributed by atoms with E-state index >= 15 is 0 Å². The van der Waals surface area contributed by atoms with Crippen molar-refractivity contribution in [2.45, 2.75) is 44.4 Å². The minimum Gasteiger partial charge on any atom is -0.475 e. The van der Waals surface area contributed by atoms with Crippen LogP contribution >= 0.6 is 0 Å². The number of hydrogen-bond acceptors (Lipinski definition) is 5. The van der Waals surface area contributed by atoms with E-state index in [1.54, 1.807) is 0 Å². The number of amides is 1. The molecular weight excluding hydrogens is 292 g/mol. The Labute approximate surface area is 136 Å². The van der Waals surface area contributed by atoms with E-state index in [1.807, 2.05) is 4.90 Å². The van der Waals surface area contributed by atoms with Gasteiger partial charge in [-0.15, -0.1) is 0 Å². The van der Waals surface area contributed by atoms with Crippen LogP contribution in [0.15, 0.2) is 0 Å². The summed E-state index contributed by atoms with van der Waals surface area (Å²) >= 11 is 0. The number of nitrogens with zero attached hydrogens (tertiary/aromatic N) is 3. The van der Waals surface area contributed by atoms with Gasteiger partial charge in [0.25, 0.3) is 0 Å². The summed E-state index contributed by atoms with van der Waals surface area (Å²) in [5.41, 5.74) is 2.31. The fourth-order valence-corrected chi connectivity index (χ4v) is 3.37. The van der Waals surface area contributed by atoms with Crippen molar-refractivity contribution < 1.29 is 9.53 Å². The Morgan fingerprint density at radius 2 is 2.04 bits per heavy atom. The number of rotatable bonds is 5. The maximum absolute atomic E-state index is 11.7. The summed E-state index contributed by atoms with van der Waals surface area (Å²) in [5.74, 6) is 2.49. The van der Waals surface area contributed by atoms with Crippen LogP contribution in [0.3, 0.4) is 0 Å². The molecule has 0 radical (unpaired) electrons. The molecule has 0 bridgehead atoms. The highest BCUT2D eigenvalue weighted by molar-refractivity contribution is 5.78. The van der Waals surface area contributed by atoms with Crippen LogP contribution in [0.5, 0.6) is 5.88 Å². The number of likely N-dealkylation sites (tertiary alicyclic amines) is 1. The van der Waals surface area contributed by atoms with E-state index < -0.39 is 0 Å². The summed E-state index contributed by atoms with van der Waals surface area (Å²) < 4.78 is 6.02. The molecule has 2 aliphatic heterocycles. The minimum atomic E-state index is 0.248. The zero-order chi connectivity index (χ0) is 15.6. The summed E-state index contributed by atoms with van der Waals surface area (Å²) in [4.78, 5) is 23.1. The first kappa shape index (κ1) is 14.9. The fraction of sp³-hybridized carbons (Fsp3) is 0.706. The molecule has 124 valence electrons. The largest absolute Gasteiger partial charge is 0.475 e. The molecule has 0 aromatic carbocycles. The summed E-state index contributed by atoms with van der Waals surface area (Å²) in [7, 11) is 0. The quantitative estimate of drug-likeness (QED) is 0.879. The minimum absolute atomic E-state index is 0.248. The predicted octanol–water partition coefficient (Wildman–Crippen LogP) is 1.04. The number of fused-ring (bicyclic) bond motifs is 1. The van der Waals surface area contributed by atoms with Crippen LogP contribution in [-0.4, -0.2) is 53.6 Å². The van der Waals surface area contributed by atoms with E-state index in [4.69, 9.17) is 14.7 Å². The lowest BCUT2D eigenvalue weighted by molar-refractivity contribution is -0.128. The van der Waals surface area contributed by atoms with Gasteiger partial charge in [0.05, 0.1) is 12.2 Å². The van der Waals surface area contributed by atoms with Gasteiger partial charge in [0.2, 0.25) is 11.8 Å². The molecule has 4 rings (SSSR count). The standard InChI is InChI=1S/C17H24N4O2/c22-15-2-1-9-21(15)10-11-23-17-13-5-7-18-8-6-14(13)19-16(20-17)12-3-4-12/h12,18H,1-11H2. The van der Waals surface area contributed by atoms with Gasteiger partial charge < -0.3 is 15.0 Å². The lowest BCUT2D eigenvalue weighted by Crippen LogP contribution is -2.29. The maximum atomic E-state index is 11.7. The number of hydrogen-bond donors (Lipinski definition) is 1. The van der Waals surface area contributed by atoms with E-state index in [0.717, 1.165) is 61.9 Å². The van der Waals surface area contributed by atoms with Crippen molar-refractivity contribution >= 4 is 5.91 Å². The van der Waals surface area contributed by atoms with Gasteiger partial charge in [-0.3, -0.25) is 4.79 Å². The molecular formula is C17H24N4O2. The summed E-state index contributed by atoms with van der Waals surface area (Å²) in [6.07, 6.45) is 5.90. The molecule has 2 fully saturated rings. The smallest absolute Gasteiger partial charge is 0.222 e. The van der Waals surface area contributed by atoms with Gasteiger partial charge in [-0.1, -0.05) is 0 Å². The van der Waals surface area contributed by atoms with Gasteiger partial charge in [0.15, 0.2) is 0 Å². The molecule has 1 N–H and O–H groups in total. The molecule has 6 nitrogen and oxygen atoms in total. The second-order valence-corrected chi connectivity index (χ2v) is 6.67. The molecule has 3 heterocycles. The van der Waals surface area contributed by atoms with E-state index in [2.05, 4.69) is 5.32 Å². The molecule has 1 saturated carbocycles. The van der Waals surface area contributed by atoms with Gasteiger partial charge in [0, 0.05) is 37.4 Å². The zero-order valence-corrected chi connectivity index (χ0v) is 13.5. The van der Waals surface area contributed by atoms with Crippen molar-refractivity contribution in [1.82, 2.24) is 20.2 Å². The van der Waals surface area contributed by atoms with E-state index in [1.165, 1.54) is 12.8 Å². The highest BCUT2D eigenvalue weighted by Crippen LogP contribution is 2.39. The molecule has 6 heteroatoms. The summed E-state index contributed by atoms with van der Waals surface area (Å²) in [6, 6.07) is 0. The third-order valence-electron chi connectivity index (χ3n) is 4.88. The Hall–Kier alpha value is -1.69. The molecule has 1 saturated heterocycles. The van der Waals surface area contributed by atoms with E-state index in [-0.39, 0.29) is 5.91 Å². The molecule has 23 heavy (non-hydrogen) atoms. The Kier molecular flexibility index (Phi) is 4.16. The Morgan fingerprint density at radius 1 is 1.17 bits per heavy atom. The number of carbonyl (C=O) groups excluding carboxylic acids is 1. The van der Waals surface area contributed by atoms with Gasteiger partial charge >= 0.3 is 0 Å². The fourth-order valence-electron chi connectivity index (χ4n) is 3.37. The Balaban J connectivity index is 1.49. The van der Waals surface area contributed by atoms with Crippen molar-refractivity contribution in [3.8, 4) is 5.88 Å². The van der Waals surface area contributed by atoms with Crippen molar-refractivity contribution in [2.75, 3.05) is 32.8 Å². The summed E-state index contributed by atoms with van der Waals surface area (Å²) in [6.45, 7) is 3.96. The van der Waals surface area contributed by atoms with Crippen LogP contribution in [0.2, 0.25) is 0 Å². The SMILES string of the molecule is O=C1CCCN1CCOc1nc(C2CC2)nc2c1CCNCC2. The topological polar surface area (TPSA) is 67.4 Å². The lowest BCUT2D eigenvalue weighted by atomic mass is 10.1. The third-order valence-corrected chi connectivity index (χ3v) is 4.88. The number of aromatic nitrogens is 2. The monoisotopic (exact) mass is 316 g/mol. The van der Waals surface area contributed by atoms with E-state index in [0.29, 0.717) is 25.5 Å². The van der Waals surface area contributed by atoms with Crippen molar-refractivity contribution in [1.29, 1.82) is 0 Å². The van der Waals surface area contributed by atoms with Crippen LogP contribution in [0, 0.1) is 0 Å². The van der Waals surface area contributed by atoms with Crippen molar-refractivity contribution in [2.24, 2.45) is 0 Å². The van der Waals surface area contributed by atoms with Gasteiger partial charge in [-0.25, -0.2) is 4.98 Å². The first-order chi connectivity index (χ1) is 11.3. The molecule has 3 aliphatic rings. The molecule has 1 aliphatic carbocycles. The molecule has 0 unspecified atom stereocenters. The Morgan fingerprint density at radius 3 is 2.83 bits per heavy atom. The zero-order valence-electron chi connectivity index (χ0n) is 13.5. The maximum Gasteiger partial charge on any atom is 0.222 e. The second-order valence-electron chi connectivity index (χ2n) is 6.67. The second kappa shape index (κ2) is 6.43. The highest BCUT2D eigenvalue weighted by Gasteiger charge is 2.29. The third kappa shape index (κ3) is 3.32. The predicted molar refractivity (Wildman–Crippen MR) is 85.6 cm³/mol. The van der Waals surface area contributed by atoms with Crippen molar-refractivity contribution in [3.05, 3.63) is 17.1 Å². The van der Waals surface area contributed by atoms with E-state index in [9.17, 15) is 4.79 Å². The van der Waals surface area contributed by atoms with Gasteiger partial charge in [0.1, 0.15) is 12.4 Å².